The van der Waals surface area contributed by atoms with Crippen LogP contribution in [0.15, 0.2) is 30.5 Å². The van der Waals surface area contributed by atoms with Gasteiger partial charge in [0.05, 0.1) is 0 Å². The average Bonchev–Trinajstić information content (AvgIpc) is 2.50. The molecule has 0 spiro atoms. The molecule has 1 N–H and O–H groups in total. The molecule has 0 aliphatic heterocycles. The summed E-state index contributed by atoms with van der Waals surface area (Å²) in [6.45, 7) is 0. The summed E-state index contributed by atoms with van der Waals surface area (Å²) in [5, 5.41) is 1.21. The van der Waals surface area contributed by atoms with Gasteiger partial charge in [0.25, 0.3) is 0 Å². The van der Waals surface area contributed by atoms with Crippen LogP contribution >= 0.6 is 23.0 Å². The molecule has 0 saturated carbocycles. The van der Waals surface area contributed by atoms with Gasteiger partial charge in [0, 0.05) is 17.8 Å². The maximum Gasteiger partial charge on any atom is 0.192 e. The van der Waals surface area contributed by atoms with Gasteiger partial charge in [-0.1, -0.05) is 0 Å². The lowest BCUT2D eigenvalue weighted by Gasteiger charge is -1.95. The Kier molecular flexibility index (Phi) is 1.73. The van der Waals surface area contributed by atoms with Crippen molar-refractivity contribution in [2.24, 2.45) is 0 Å². The molecular weight excluding hydrogens is 253 g/mol. The summed E-state index contributed by atoms with van der Waals surface area (Å²) in [6, 6.07) is 7.98. The number of aromatic nitrogens is 1. The van der Waals surface area contributed by atoms with Crippen molar-refractivity contribution in [3.05, 3.63) is 30.5 Å². The standard InChI is InChI=1S/C8H6INO/c9-11-7-2-1-6-3-4-10-8(6)5-7/h1-5,10H. The molecule has 0 unspecified atom stereocenters. The number of hydrogen-bond donors (Lipinski definition) is 1. The molecule has 0 radical (unpaired) electrons. The molecule has 2 aromatic rings. The number of H-pyrrole nitrogens is 1. The van der Waals surface area contributed by atoms with Gasteiger partial charge >= 0.3 is 0 Å². The lowest BCUT2D eigenvalue weighted by atomic mass is 10.2. The highest BCUT2D eigenvalue weighted by atomic mass is 127. The Labute approximate surface area is 78.2 Å². The van der Waals surface area contributed by atoms with Crippen molar-refractivity contribution in [2.75, 3.05) is 0 Å². The predicted molar refractivity (Wildman–Crippen MR) is 52.9 cm³/mol. The Bertz CT molecular complexity index is 369. The Morgan fingerprint density at radius 3 is 3.00 bits per heavy atom. The second kappa shape index (κ2) is 2.73. The molecule has 0 aliphatic rings. The molecule has 0 aliphatic carbocycles. The zero-order chi connectivity index (χ0) is 7.68. The highest BCUT2D eigenvalue weighted by Crippen LogP contribution is 2.20. The first-order valence-electron chi connectivity index (χ1n) is 3.26. The van der Waals surface area contributed by atoms with Gasteiger partial charge in [-0.05, 0) is 23.6 Å². The summed E-state index contributed by atoms with van der Waals surface area (Å²) < 4.78 is 5.04. The minimum absolute atomic E-state index is 0.876. The number of nitrogens with one attached hydrogen (secondary N) is 1. The van der Waals surface area contributed by atoms with E-state index in [4.69, 9.17) is 3.07 Å². The van der Waals surface area contributed by atoms with Crippen LogP contribution in [-0.4, -0.2) is 4.98 Å². The van der Waals surface area contributed by atoms with Gasteiger partial charge in [0.15, 0.2) is 23.0 Å². The Balaban J connectivity index is 2.67. The smallest absolute Gasteiger partial charge is 0.192 e. The highest BCUT2D eigenvalue weighted by molar-refractivity contribution is 14.1. The van der Waals surface area contributed by atoms with Crippen LogP contribution in [0.1, 0.15) is 0 Å². The third kappa shape index (κ3) is 1.20. The lowest BCUT2D eigenvalue weighted by molar-refractivity contribution is 0.718. The van der Waals surface area contributed by atoms with E-state index < -0.39 is 0 Å². The normalized spacial score (nSPS) is 10.3. The largest absolute Gasteiger partial charge is 0.428 e. The van der Waals surface area contributed by atoms with E-state index in [1.54, 1.807) is 0 Å². The van der Waals surface area contributed by atoms with Crippen LogP contribution in [0.25, 0.3) is 10.9 Å². The molecule has 3 heteroatoms. The van der Waals surface area contributed by atoms with Crippen LogP contribution in [-0.2, 0) is 0 Å². The quantitative estimate of drug-likeness (QED) is 0.782. The van der Waals surface area contributed by atoms with E-state index in [1.807, 2.05) is 53.5 Å². The summed E-state index contributed by atoms with van der Waals surface area (Å²) in [5.41, 5.74) is 1.11. The van der Waals surface area contributed by atoms with E-state index in [0.29, 0.717) is 0 Å². The summed E-state index contributed by atoms with van der Waals surface area (Å²) in [4.78, 5) is 3.11. The van der Waals surface area contributed by atoms with Crippen LogP contribution in [0.4, 0.5) is 0 Å². The molecule has 1 aromatic heterocycles. The number of hydrogen-bond acceptors (Lipinski definition) is 1. The van der Waals surface area contributed by atoms with E-state index in [1.165, 1.54) is 5.39 Å². The number of halogens is 1. The molecular formula is C8H6INO. The summed E-state index contributed by atoms with van der Waals surface area (Å²) in [6.07, 6.45) is 1.92. The summed E-state index contributed by atoms with van der Waals surface area (Å²) in [5.74, 6) is 0.876. The zero-order valence-electron chi connectivity index (χ0n) is 5.67. The number of aromatic amines is 1. The summed E-state index contributed by atoms with van der Waals surface area (Å²) in [7, 11) is 0. The van der Waals surface area contributed by atoms with Gasteiger partial charge in [-0.2, -0.15) is 0 Å². The van der Waals surface area contributed by atoms with E-state index in [2.05, 4.69) is 4.98 Å². The Morgan fingerprint density at radius 1 is 1.27 bits per heavy atom. The van der Waals surface area contributed by atoms with Crippen LogP contribution < -0.4 is 3.07 Å². The first-order chi connectivity index (χ1) is 5.40. The Morgan fingerprint density at radius 2 is 2.18 bits per heavy atom. The first-order valence-corrected chi connectivity index (χ1v) is 4.14. The molecule has 1 heterocycles. The van der Waals surface area contributed by atoms with Gasteiger partial charge in [-0.15, -0.1) is 0 Å². The third-order valence-electron chi connectivity index (χ3n) is 1.62. The van der Waals surface area contributed by atoms with Crippen LogP contribution in [0.2, 0.25) is 0 Å². The molecule has 0 fully saturated rings. The third-order valence-corrected chi connectivity index (χ3v) is 2.12. The van der Waals surface area contributed by atoms with Gasteiger partial charge in [-0.25, -0.2) is 0 Å². The van der Waals surface area contributed by atoms with E-state index in [9.17, 15) is 0 Å². The van der Waals surface area contributed by atoms with Crippen LogP contribution in [0.3, 0.4) is 0 Å². The number of benzene rings is 1. The second-order valence-corrected chi connectivity index (χ2v) is 2.74. The maximum absolute atomic E-state index is 5.04. The second-order valence-electron chi connectivity index (χ2n) is 2.30. The van der Waals surface area contributed by atoms with Crippen LogP contribution in [0.5, 0.6) is 5.75 Å². The first kappa shape index (κ1) is 6.97. The maximum atomic E-state index is 5.04. The molecule has 0 bridgehead atoms. The van der Waals surface area contributed by atoms with Crippen molar-refractivity contribution in [1.29, 1.82) is 0 Å². The molecule has 0 atom stereocenters. The molecule has 2 rings (SSSR count). The minimum atomic E-state index is 0.876. The minimum Gasteiger partial charge on any atom is -0.428 e. The molecule has 0 amide bonds. The Hall–Kier alpha value is -0.710. The van der Waals surface area contributed by atoms with Gasteiger partial charge in [0.2, 0.25) is 0 Å². The van der Waals surface area contributed by atoms with E-state index in [-0.39, 0.29) is 0 Å². The highest BCUT2D eigenvalue weighted by Gasteiger charge is 1.95. The molecule has 2 nitrogen and oxygen atoms in total. The molecule has 11 heavy (non-hydrogen) atoms. The van der Waals surface area contributed by atoms with Gasteiger partial charge in [0.1, 0.15) is 5.75 Å². The SMILES string of the molecule is IOc1ccc2cc[nH]c2c1. The summed E-state index contributed by atoms with van der Waals surface area (Å²) >= 11 is 1.87. The van der Waals surface area contributed by atoms with Gasteiger partial charge in [-0.3, -0.25) is 0 Å². The fourth-order valence-electron chi connectivity index (χ4n) is 1.07. The van der Waals surface area contributed by atoms with Crippen molar-refractivity contribution < 1.29 is 3.07 Å². The van der Waals surface area contributed by atoms with Gasteiger partial charge < -0.3 is 8.05 Å². The molecule has 1 aromatic carbocycles. The topological polar surface area (TPSA) is 25.0 Å². The fourth-order valence-corrected chi connectivity index (χ4v) is 1.35. The number of fused-ring (bicyclic) bond motifs is 1. The van der Waals surface area contributed by atoms with Crippen LogP contribution in [0, 0.1) is 0 Å². The van der Waals surface area contributed by atoms with Crippen molar-refractivity contribution in [2.45, 2.75) is 0 Å². The van der Waals surface area contributed by atoms with Crippen molar-refractivity contribution in [3.8, 4) is 5.75 Å². The number of rotatable bonds is 1. The van der Waals surface area contributed by atoms with Crippen molar-refractivity contribution in [3.63, 3.8) is 0 Å². The molecule has 56 valence electrons. The lowest BCUT2D eigenvalue weighted by Crippen LogP contribution is -1.73. The van der Waals surface area contributed by atoms with Crippen molar-refractivity contribution in [1.82, 2.24) is 4.98 Å². The van der Waals surface area contributed by atoms with Crippen molar-refractivity contribution >= 4 is 33.9 Å². The fraction of sp³-hybridized carbons (Fsp3) is 0. The zero-order valence-corrected chi connectivity index (χ0v) is 7.83. The molecule has 0 saturated heterocycles. The predicted octanol–water partition coefficient (Wildman–Crippen LogP) is 2.90. The average molecular weight is 259 g/mol. The monoisotopic (exact) mass is 259 g/mol. The van der Waals surface area contributed by atoms with E-state index >= 15 is 0 Å². The van der Waals surface area contributed by atoms with E-state index in [0.717, 1.165) is 11.3 Å².